The van der Waals surface area contributed by atoms with Gasteiger partial charge in [0.25, 0.3) is 0 Å². The third kappa shape index (κ3) is 7.40. The van der Waals surface area contributed by atoms with E-state index in [2.05, 4.69) is 10.0 Å². The van der Waals surface area contributed by atoms with Crippen LogP contribution in [-0.4, -0.2) is 30.7 Å². The zero-order valence-electron chi connectivity index (χ0n) is 10.6. The van der Waals surface area contributed by atoms with Crippen molar-refractivity contribution in [2.24, 2.45) is 11.0 Å². The van der Waals surface area contributed by atoms with Crippen LogP contribution >= 0.6 is 0 Å². The van der Waals surface area contributed by atoms with E-state index >= 15 is 0 Å². The fourth-order valence-electron chi connectivity index (χ4n) is 1.38. The zero-order valence-corrected chi connectivity index (χ0v) is 10.6. The summed E-state index contributed by atoms with van der Waals surface area (Å²) in [6.07, 6.45) is -0.0256. The predicted octanol–water partition coefficient (Wildman–Crippen LogP) is 1.80. The molecule has 1 atom stereocenters. The Hall–Kier alpha value is -1.88. The molecule has 0 saturated heterocycles. The van der Waals surface area contributed by atoms with Crippen LogP contribution < -0.4 is 0 Å². The SMILES string of the molecule is CCOC(=O)CC(CC(=O)CCN=[N+]=[N-])C(C)=O. The van der Waals surface area contributed by atoms with Crippen molar-refractivity contribution in [3.05, 3.63) is 10.4 Å². The van der Waals surface area contributed by atoms with Crippen LogP contribution in [-0.2, 0) is 19.1 Å². The van der Waals surface area contributed by atoms with Crippen LogP contribution in [0.4, 0.5) is 0 Å². The molecule has 0 bridgehead atoms. The number of azide groups is 1. The van der Waals surface area contributed by atoms with Crippen LogP contribution in [0.5, 0.6) is 0 Å². The minimum absolute atomic E-state index is 0.0188. The van der Waals surface area contributed by atoms with Gasteiger partial charge in [-0.3, -0.25) is 14.4 Å². The van der Waals surface area contributed by atoms with Gasteiger partial charge >= 0.3 is 5.97 Å². The molecule has 0 aromatic rings. The molecule has 0 aromatic heterocycles. The number of nitrogens with zero attached hydrogens (tertiary/aromatic N) is 3. The number of rotatable bonds is 9. The summed E-state index contributed by atoms with van der Waals surface area (Å²) in [6.45, 7) is 3.32. The Kier molecular flexibility index (Phi) is 8.22. The smallest absolute Gasteiger partial charge is 0.306 e. The first kappa shape index (κ1) is 16.1. The molecule has 1 unspecified atom stereocenters. The number of esters is 1. The fourth-order valence-corrected chi connectivity index (χ4v) is 1.38. The summed E-state index contributed by atoms with van der Waals surface area (Å²) < 4.78 is 4.73. The van der Waals surface area contributed by atoms with Crippen LogP contribution in [0.1, 0.15) is 33.1 Å². The van der Waals surface area contributed by atoms with E-state index in [0.29, 0.717) is 0 Å². The van der Waals surface area contributed by atoms with E-state index in [0.717, 1.165) is 0 Å². The number of hydrogen-bond donors (Lipinski definition) is 0. The molecule has 0 aromatic carbocycles. The van der Waals surface area contributed by atoms with E-state index in [-0.39, 0.29) is 44.0 Å². The molecule has 7 nitrogen and oxygen atoms in total. The summed E-state index contributed by atoms with van der Waals surface area (Å²) in [6, 6.07) is 0. The van der Waals surface area contributed by atoms with Gasteiger partial charge in [-0.15, -0.1) is 0 Å². The van der Waals surface area contributed by atoms with E-state index in [1.165, 1.54) is 6.92 Å². The molecule has 7 heteroatoms. The molecule has 0 fully saturated rings. The molecular formula is C11H17N3O4. The number of carbonyl (C=O) groups excluding carboxylic acids is 3. The van der Waals surface area contributed by atoms with E-state index in [1.54, 1.807) is 6.92 Å². The van der Waals surface area contributed by atoms with E-state index in [4.69, 9.17) is 10.3 Å². The molecule has 0 saturated carbocycles. The minimum Gasteiger partial charge on any atom is -0.466 e. The van der Waals surface area contributed by atoms with Crippen molar-refractivity contribution in [2.75, 3.05) is 13.2 Å². The summed E-state index contributed by atoms with van der Waals surface area (Å²) in [4.78, 5) is 36.6. The Morgan fingerprint density at radius 2 is 2.00 bits per heavy atom. The summed E-state index contributed by atoms with van der Waals surface area (Å²) in [5, 5.41) is 3.24. The van der Waals surface area contributed by atoms with Gasteiger partial charge in [0.2, 0.25) is 0 Å². The van der Waals surface area contributed by atoms with Crippen molar-refractivity contribution in [3.63, 3.8) is 0 Å². The van der Waals surface area contributed by atoms with Gasteiger partial charge in [0, 0.05) is 30.2 Å². The lowest BCUT2D eigenvalue weighted by Gasteiger charge is -2.11. The number of hydrogen-bond acceptors (Lipinski definition) is 5. The van der Waals surface area contributed by atoms with Crippen molar-refractivity contribution in [2.45, 2.75) is 33.1 Å². The number of carbonyl (C=O) groups is 3. The minimum atomic E-state index is -0.650. The topological polar surface area (TPSA) is 109 Å². The van der Waals surface area contributed by atoms with Crippen LogP contribution in [0.15, 0.2) is 5.11 Å². The number of ether oxygens (including phenoxy) is 1. The van der Waals surface area contributed by atoms with Crippen LogP contribution in [0.2, 0.25) is 0 Å². The highest BCUT2D eigenvalue weighted by atomic mass is 16.5. The molecule has 0 spiro atoms. The van der Waals surface area contributed by atoms with Gasteiger partial charge in [-0.2, -0.15) is 0 Å². The Morgan fingerprint density at radius 1 is 1.33 bits per heavy atom. The third-order valence-corrected chi connectivity index (χ3v) is 2.32. The van der Waals surface area contributed by atoms with Gasteiger partial charge in [0.15, 0.2) is 0 Å². The zero-order chi connectivity index (χ0) is 14.0. The molecule has 0 aliphatic carbocycles. The van der Waals surface area contributed by atoms with Crippen molar-refractivity contribution in [3.8, 4) is 0 Å². The molecule has 0 amide bonds. The molecule has 100 valence electrons. The lowest BCUT2D eigenvalue weighted by atomic mass is 9.94. The van der Waals surface area contributed by atoms with E-state index < -0.39 is 11.9 Å². The first-order valence-electron chi connectivity index (χ1n) is 5.69. The second kappa shape index (κ2) is 9.18. The van der Waals surface area contributed by atoms with Crippen LogP contribution in [0, 0.1) is 5.92 Å². The predicted molar refractivity (Wildman–Crippen MR) is 63.7 cm³/mol. The maximum atomic E-state index is 11.5. The molecule has 0 N–H and O–H groups in total. The molecular weight excluding hydrogens is 238 g/mol. The highest BCUT2D eigenvalue weighted by molar-refractivity contribution is 5.89. The van der Waals surface area contributed by atoms with Gasteiger partial charge in [0.1, 0.15) is 11.6 Å². The first-order chi connectivity index (χ1) is 8.51. The maximum Gasteiger partial charge on any atom is 0.306 e. The van der Waals surface area contributed by atoms with Crippen molar-refractivity contribution in [1.82, 2.24) is 0 Å². The summed E-state index contributed by atoms with van der Waals surface area (Å²) >= 11 is 0. The first-order valence-corrected chi connectivity index (χ1v) is 5.69. The highest BCUT2D eigenvalue weighted by Crippen LogP contribution is 2.13. The van der Waals surface area contributed by atoms with Crippen molar-refractivity contribution >= 4 is 17.5 Å². The second-order valence-corrected chi connectivity index (χ2v) is 3.76. The van der Waals surface area contributed by atoms with Gasteiger partial charge in [-0.05, 0) is 19.4 Å². The van der Waals surface area contributed by atoms with E-state index in [1.807, 2.05) is 0 Å². The van der Waals surface area contributed by atoms with Gasteiger partial charge in [0.05, 0.1) is 13.0 Å². The largest absolute Gasteiger partial charge is 0.466 e. The van der Waals surface area contributed by atoms with Gasteiger partial charge < -0.3 is 4.74 Å². The Balaban J connectivity index is 4.26. The Labute approximate surface area is 105 Å². The average Bonchev–Trinajstić information content (AvgIpc) is 2.28. The quantitative estimate of drug-likeness (QED) is 0.271. The van der Waals surface area contributed by atoms with Gasteiger partial charge in [-0.25, -0.2) is 0 Å². The monoisotopic (exact) mass is 255 g/mol. The number of Topliss-reactive ketones (excluding diaryl/α,β-unsaturated/α-hetero) is 2. The van der Waals surface area contributed by atoms with Crippen molar-refractivity contribution in [1.29, 1.82) is 0 Å². The summed E-state index contributed by atoms with van der Waals surface area (Å²) in [7, 11) is 0. The Bertz CT molecular complexity index is 361. The summed E-state index contributed by atoms with van der Waals surface area (Å²) in [5.74, 6) is -1.56. The van der Waals surface area contributed by atoms with Crippen LogP contribution in [0.25, 0.3) is 10.4 Å². The lowest BCUT2D eigenvalue weighted by Crippen LogP contribution is -2.21. The molecule has 0 rings (SSSR count). The Morgan fingerprint density at radius 3 is 2.50 bits per heavy atom. The molecule has 18 heavy (non-hydrogen) atoms. The van der Waals surface area contributed by atoms with Gasteiger partial charge in [-0.1, -0.05) is 5.11 Å². The average molecular weight is 255 g/mol. The number of ketones is 2. The standard InChI is InChI=1S/C11H17N3O4/c1-3-18-11(17)7-9(8(2)15)6-10(16)4-5-13-14-12/h9H,3-7H2,1-2H3. The normalized spacial score (nSPS) is 11.2. The summed E-state index contributed by atoms with van der Waals surface area (Å²) in [5.41, 5.74) is 8.06. The molecule has 0 heterocycles. The molecule has 0 aliphatic rings. The highest BCUT2D eigenvalue weighted by Gasteiger charge is 2.22. The third-order valence-electron chi connectivity index (χ3n) is 2.32. The lowest BCUT2D eigenvalue weighted by molar-refractivity contribution is -0.146. The molecule has 0 aliphatic heterocycles. The van der Waals surface area contributed by atoms with E-state index in [9.17, 15) is 14.4 Å². The van der Waals surface area contributed by atoms with Crippen molar-refractivity contribution < 1.29 is 19.1 Å². The maximum absolute atomic E-state index is 11.5. The molecule has 0 radical (unpaired) electrons. The van der Waals surface area contributed by atoms with Crippen LogP contribution in [0.3, 0.4) is 0 Å². The fraction of sp³-hybridized carbons (Fsp3) is 0.727. The second-order valence-electron chi connectivity index (χ2n) is 3.76.